The Morgan fingerprint density at radius 3 is 2.05 bits per heavy atom. The molecule has 1 aliphatic rings. The Morgan fingerprint density at radius 1 is 0.949 bits per heavy atom. The molecule has 1 saturated heterocycles. The number of piperazine rings is 1. The highest BCUT2D eigenvalue weighted by atomic mass is 32.2. The number of nitrogens with two attached hydrogens (primary N) is 1. The van der Waals surface area contributed by atoms with Crippen molar-refractivity contribution in [3.63, 3.8) is 0 Å². The Labute approximate surface area is 235 Å². The molecule has 39 heavy (non-hydrogen) atoms. The topological polar surface area (TPSA) is 154 Å². The number of sulfonamides is 2. The second kappa shape index (κ2) is 16.3. The van der Waals surface area contributed by atoms with Gasteiger partial charge in [0.05, 0.1) is 12.0 Å². The molecule has 1 unspecified atom stereocenters. The van der Waals surface area contributed by atoms with Gasteiger partial charge in [0.1, 0.15) is 11.9 Å². The van der Waals surface area contributed by atoms with Crippen molar-refractivity contribution in [1.29, 1.82) is 5.41 Å². The molecule has 1 heterocycles. The van der Waals surface area contributed by atoms with Gasteiger partial charge in [0.2, 0.25) is 26.0 Å². The van der Waals surface area contributed by atoms with E-state index in [-0.39, 0.29) is 50.1 Å². The Morgan fingerprint density at radius 2 is 1.51 bits per heavy atom. The largest absolute Gasteiger partial charge is 0.384 e. The van der Waals surface area contributed by atoms with E-state index in [4.69, 9.17) is 11.1 Å². The summed E-state index contributed by atoms with van der Waals surface area (Å²) in [6.07, 6.45) is 12.2. The Bertz CT molecular complexity index is 1130. The molecule has 10 nitrogen and oxygen atoms in total. The van der Waals surface area contributed by atoms with E-state index < -0.39 is 26.1 Å². The fraction of sp³-hybridized carbons (Fsp3) is 0.704. The first-order valence-corrected chi connectivity index (χ1v) is 17.6. The zero-order valence-corrected chi connectivity index (χ0v) is 25.2. The molecular weight excluding hydrogens is 538 g/mol. The van der Waals surface area contributed by atoms with E-state index in [1.165, 1.54) is 47.7 Å². The lowest BCUT2D eigenvalue weighted by atomic mass is 10.0. The number of carbonyl (C=O) groups is 1. The Kier molecular flexibility index (Phi) is 13.9. The molecule has 12 heteroatoms. The van der Waals surface area contributed by atoms with E-state index in [1.54, 1.807) is 24.3 Å². The van der Waals surface area contributed by atoms with Crippen molar-refractivity contribution in [2.75, 3.05) is 38.2 Å². The molecule has 0 spiro atoms. The highest BCUT2D eigenvalue weighted by Crippen LogP contribution is 2.15. The van der Waals surface area contributed by atoms with Gasteiger partial charge in [0.25, 0.3) is 0 Å². The van der Waals surface area contributed by atoms with Gasteiger partial charge in [-0.1, -0.05) is 82.9 Å². The third kappa shape index (κ3) is 12.4. The third-order valence-electron chi connectivity index (χ3n) is 7.08. The number of nitrogens with zero attached hydrogens (tertiary/aromatic N) is 2. The summed E-state index contributed by atoms with van der Waals surface area (Å²) < 4.78 is 53.6. The molecule has 1 amide bonds. The zero-order chi connectivity index (χ0) is 28.9. The fourth-order valence-corrected chi connectivity index (χ4v) is 6.94. The van der Waals surface area contributed by atoms with E-state index in [0.29, 0.717) is 17.5 Å². The molecule has 1 aromatic rings. The van der Waals surface area contributed by atoms with Crippen molar-refractivity contribution in [3.8, 4) is 0 Å². The van der Waals surface area contributed by atoms with Crippen LogP contribution in [0.5, 0.6) is 0 Å². The number of hydrogen-bond acceptors (Lipinski definition) is 6. The maximum absolute atomic E-state index is 13.5. The first-order chi connectivity index (χ1) is 18.4. The molecule has 222 valence electrons. The van der Waals surface area contributed by atoms with Gasteiger partial charge in [0.15, 0.2) is 0 Å². The lowest BCUT2D eigenvalue weighted by Crippen LogP contribution is -2.56. The van der Waals surface area contributed by atoms with E-state index in [1.807, 2.05) is 0 Å². The summed E-state index contributed by atoms with van der Waals surface area (Å²) in [6.45, 7) is 2.92. The SMILES string of the molecule is CCCCCCCCCCCCS(=O)(=O)NC(Cc1cccc(C(=N)N)c1)C(=O)N1CCN(S(C)(=O)=O)CC1. The highest BCUT2D eigenvalue weighted by molar-refractivity contribution is 7.89. The van der Waals surface area contributed by atoms with Crippen molar-refractivity contribution in [2.45, 2.75) is 83.6 Å². The number of nitrogens with one attached hydrogen (secondary N) is 2. The van der Waals surface area contributed by atoms with Crippen LogP contribution in [0.15, 0.2) is 24.3 Å². The summed E-state index contributed by atoms with van der Waals surface area (Å²) >= 11 is 0. The van der Waals surface area contributed by atoms with E-state index in [9.17, 15) is 21.6 Å². The highest BCUT2D eigenvalue weighted by Gasteiger charge is 2.32. The van der Waals surface area contributed by atoms with Gasteiger partial charge in [-0.25, -0.2) is 21.6 Å². The van der Waals surface area contributed by atoms with Gasteiger partial charge >= 0.3 is 0 Å². The lowest BCUT2D eigenvalue weighted by Gasteiger charge is -2.35. The Balaban J connectivity index is 1.97. The van der Waals surface area contributed by atoms with Crippen LogP contribution in [0.1, 0.15) is 82.3 Å². The first-order valence-electron chi connectivity index (χ1n) is 14.1. The number of amidine groups is 1. The summed E-state index contributed by atoms with van der Waals surface area (Å²) in [5, 5.41) is 7.68. The third-order valence-corrected chi connectivity index (χ3v) is 9.86. The molecule has 4 N–H and O–H groups in total. The molecular formula is C27H47N5O5S2. The molecule has 0 saturated carbocycles. The Hall–Kier alpha value is -2.02. The van der Waals surface area contributed by atoms with Crippen LogP contribution in [0.4, 0.5) is 0 Å². The fourth-order valence-electron chi connectivity index (χ4n) is 4.80. The summed E-state index contributed by atoms with van der Waals surface area (Å²) in [6, 6.07) is 5.82. The average Bonchev–Trinajstić information content (AvgIpc) is 2.88. The average molecular weight is 586 g/mol. The predicted molar refractivity (Wildman–Crippen MR) is 157 cm³/mol. The summed E-state index contributed by atoms with van der Waals surface area (Å²) in [5.74, 6) is -0.552. The maximum atomic E-state index is 13.5. The minimum Gasteiger partial charge on any atom is -0.384 e. The molecule has 0 bridgehead atoms. The number of unbranched alkanes of at least 4 members (excludes halogenated alkanes) is 9. The number of amides is 1. The minimum atomic E-state index is -3.72. The monoisotopic (exact) mass is 585 g/mol. The maximum Gasteiger partial charge on any atom is 0.241 e. The van der Waals surface area contributed by atoms with Crippen molar-refractivity contribution in [3.05, 3.63) is 35.4 Å². The number of hydrogen-bond donors (Lipinski definition) is 3. The smallest absolute Gasteiger partial charge is 0.241 e. The van der Waals surface area contributed by atoms with Gasteiger partial charge in [-0.2, -0.15) is 4.31 Å². The van der Waals surface area contributed by atoms with Crippen LogP contribution in [0.25, 0.3) is 0 Å². The summed E-state index contributed by atoms with van der Waals surface area (Å²) in [4.78, 5) is 15.0. The van der Waals surface area contributed by atoms with Crippen LogP contribution < -0.4 is 10.5 Å². The predicted octanol–water partition coefficient (Wildman–Crippen LogP) is 2.83. The van der Waals surface area contributed by atoms with Crippen molar-refractivity contribution < 1.29 is 21.6 Å². The van der Waals surface area contributed by atoms with Crippen LogP contribution in [0.3, 0.4) is 0 Å². The van der Waals surface area contributed by atoms with Crippen LogP contribution in [-0.4, -0.2) is 82.0 Å². The van der Waals surface area contributed by atoms with Crippen LogP contribution >= 0.6 is 0 Å². The molecule has 1 fully saturated rings. The molecule has 0 radical (unpaired) electrons. The van der Waals surface area contributed by atoms with Crippen LogP contribution in [0.2, 0.25) is 0 Å². The van der Waals surface area contributed by atoms with Gasteiger partial charge in [-0.15, -0.1) is 0 Å². The number of rotatable bonds is 18. The summed E-state index contributed by atoms with van der Waals surface area (Å²) in [7, 11) is -7.08. The van der Waals surface area contributed by atoms with Crippen molar-refractivity contribution >= 4 is 31.8 Å². The minimum absolute atomic E-state index is 0.0530. The zero-order valence-electron chi connectivity index (χ0n) is 23.5. The second-order valence-electron chi connectivity index (χ2n) is 10.5. The van der Waals surface area contributed by atoms with Crippen molar-refractivity contribution in [2.24, 2.45) is 5.73 Å². The van der Waals surface area contributed by atoms with E-state index in [0.717, 1.165) is 25.5 Å². The number of carbonyl (C=O) groups excluding carboxylic acids is 1. The van der Waals surface area contributed by atoms with Crippen molar-refractivity contribution in [1.82, 2.24) is 13.9 Å². The lowest BCUT2D eigenvalue weighted by molar-refractivity contribution is -0.134. The number of nitrogen functional groups attached to an aromatic ring is 1. The van der Waals surface area contributed by atoms with E-state index >= 15 is 0 Å². The van der Waals surface area contributed by atoms with Gasteiger partial charge in [0, 0.05) is 31.7 Å². The van der Waals surface area contributed by atoms with Crippen LogP contribution in [0, 0.1) is 5.41 Å². The van der Waals surface area contributed by atoms with Crippen LogP contribution in [-0.2, 0) is 31.3 Å². The molecule has 1 atom stereocenters. The molecule has 1 aliphatic heterocycles. The van der Waals surface area contributed by atoms with E-state index in [2.05, 4.69) is 11.6 Å². The summed E-state index contributed by atoms with van der Waals surface area (Å²) in [5.41, 5.74) is 6.78. The quantitative estimate of drug-likeness (QED) is 0.137. The van der Waals surface area contributed by atoms with Gasteiger partial charge in [-0.3, -0.25) is 10.2 Å². The van der Waals surface area contributed by atoms with Gasteiger partial charge < -0.3 is 10.6 Å². The molecule has 2 rings (SSSR count). The molecule has 1 aromatic carbocycles. The molecule has 0 aromatic heterocycles. The first kappa shape index (κ1) is 33.2. The standard InChI is InChI=1S/C27H47N5O5S2/c1-3-4-5-6-7-8-9-10-11-12-20-39(36,37)30-25(22-23-14-13-15-24(21-23)26(28)29)27(33)31-16-18-32(19-17-31)38(2,34)35/h13-15,21,25,30H,3-12,16-20,22H2,1-2H3,(H3,28,29). The second-order valence-corrected chi connectivity index (χ2v) is 14.3. The van der Waals surface area contributed by atoms with Gasteiger partial charge in [-0.05, 0) is 24.5 Å². The number of benzene rings is 1. The normalized spacial score (nSPS) is 15.8. The molecule has 0 aliphatic carbocycles.